The summed E-state index contributed by atoms with van der Waals surface area (Å²) in [5, 5.41) is 3.79. The lowest BCUT2D eigenvalue weighted by Gasteiger charge is -2.10. The molecular weight excluding hydrogens is 339 g/mol. The minimum atomic E-state index is -4.53. The van der Waals surface area contributed by atoms with Crippen LogP contribution in [0.2, 0.25) is 0 Å². The summed E-state index contributed by atoms with van der Waals surface area (Å²) in [6.07, 6.45) is -2.12. The van der Waals surface area contributed by atoms with Crippen molar-refractivity contribution in [3.8, 4) is 16.9 Å². The number of benzene rings is 2. The second kappa shape index (κ2) is 6.71. The van der Waals surface area contributed by atoms with Crippen molar-refractivity contribution in [3.05, 3.63) is 78.0 Å². The SMILES string of the molecule is C=CCc1cc(-c2cc(C(F)(F)F)nn2-c2ccc(N)cc2)ccc1C. The Bertz CT molecular complexity index is 938. The summed E-state index contributed by atoms with van der Waals surface area (Å²) < 4.78 is 41.0. The quantitative estimate of drug-likeness (QED) is 0.517. The zero-order valence-electron chi connectivity index (χ0n) is 14.2. The van der Waals surface area contributed by atoms with Crippen LogP contribution in [0.15, 0.2) is 61.2 Å². The molecular formula is C20H18F3N3. The van der Waals surface area contributed by atoms with Crippen LogP contribution in [-0.4, -0.2) is 9.78 Å². The lowest BCUT2D eigenvalue weighted by atomic mass is 10.0. The van der Waals surface area contributed by atoms with Crippen LogP contribution in [0, 0.1) is 6.92 Å². The van der Waals surface area contributed by atoms with Gasteiger partial charge < -0.3 is 5.73 Å². The molecule has 0 saturated carbocycles. The van der Waals surface area contributed by atoms with Gasteiger partial charge in [0.05, 0.1) is 11.4 Å². The molecule has 6 heteroatoms. The van der Waals surface area contributed by atoms with Crippen LogP contribution >= 0.6 is 0 Å². The number of alkyl halides is 3. The van der Waals surface area contributed by atoms with Gasteiger partial charge in [-0.1, -0.05) is 18.2 Å². The van der Waals surface area contributed by atoms with Gasteiger partial charge in [0.15, 0.2) is 5.69 Å². The molecule has 2 aromatic carbocycles. The third-order valence-electron chi connectivity index (χ3n) is 4.15. The highest BCUT2D eigenvalue weighted by atomic mass is 19.4. The number of hydrogen-bond acceptors (Lipinski definition) is 2. The van der Waals surface area contributed by atoms with E-state index in [1.54, 1.807) is 36.4 Å². The van der Waals surface area contributed by atoms with E-state index in [4.69, 9.17) is 5.73 Å². The van der Waals surface area contributed by atoms with Crippen molar-refractivity contribution in [2.75, 3.05) is 5.73 Å². The molecule has 26 heavy (non-hydrogen) atoms. The Hall–Kier alpha value is -3.02. The summed E-state index contributed by atoms with van der Waals surface area (Å²) in [6.45, 7) is 5.69. The lowest BCUT2D eigenvalue weighted by Crippen LogP contribution is -2.07. The molecule has 0 unspecified atom stereocenters. The molecule has 0 spiro atoms. The Kier molecular flexibility index (Phi) is 4.59. The summed E-state index contributed by atoms with van der Waals surface area (Å²) in [7, 11) is 0. The van der Waals surface area contributed by atoms with Crippen molar-refractivity contribution in [3.63, 3.8) is 0 Å². The van der Waals surface area contributed by atoms with Gasteiger partial charge >= 0.3 is 6.18 Å². The first-order chi connectivity index (χ1) is 12.3. The van der Waals surface area contributed by atoms with Crippen molar-refractivity contribution in [2.24, 2.45) is 0 Å². The van der Waals surface area contributed by atoms with E-state index in [2.05, 4.69) is 11.7 Å². The molecule has 1 heterocycles. The number of nitrogen functional groups attached to an aromatic ring is 1. The first kappa shape index (κ1) is 17.8. The van der Waals surface area contributed by atoms with Crippen molar-refractivity contribution in [1.82, 2.24) is 9.78 Å². The maximum absolute atomic E-state index is 13.2. The molecule has 134 valence electrons. The summed E-state index contributed by atoms with van der Waals surface area (Å²) in [6, 6.07) is 13.2. The highest BCUT2D eigenvalue weighted by Crippen LogP contribution is 2.34. The molecule has 0 saturated heterocycles. The molecule has 3 nitrogen and oxygen atoms in total. The standard InChI is InChI=1S/C20H18F3N3/c1-3-4-14-11-15(6-5-13(14)2)18-12-19(20(21,22)23)25-26(18)17-9-7-16(24)8-10-17/h3,5-12H,1,4,24H2,2H3. The van der Waals surface area contributed by atoms with E-state index in [-0.39, 0.29) is 0 Å². The van der Waals surface area contributed by atoms with Crippen molar-refractivity contribution >= 4 is 5.69 Å². The molecule has 3 aromatic rings. The number of nitrogens with two attached hydrogens (primary N) is 1. The Morgan fingerprint density at radius 1 is 1.12 bits per heavy atom. The monoisotopic (exact) mass is 357 g/mol. The summed E-state index contributed by atoms with van der Waals surface area (Å²) >= 11 is 0. The third-order valence-corrected chi connectivity index (χ3v) is 4.15. The maximum Gasteiger partial charge on any atom is 0.435 e. The summed E-state index contributed by atoms with van der Waals surface area (Å²) in [4.78, 5) is 0. The number of allylic oxidation sites excluding steroid dienone is 1. The van der Waals surface area contributed by atoms with Crippen LogP contribution in [0.4, 0.5) is 18.9 Å². The fourth-order valence-electron chi connectivity index (χ4n) is 2.74. The number of hydrogen-bond donors (Lipinski definition) is 1. The van der Waals surface area contributed by atoms with E-state index in [9.17, 15) is 13.2 Å². The zero-order valence-corrected chi connectivity index (χ0v) is 14.2. The summed E-state index contributed by atoms with van der Waals surface area (Å²) in [5.74, 6) is 0. The van der Waals surface area contributed by atoms with Crippen LogP contribution in [0.25, 0.3) is 16.9 Å². The van der Waals surface area contributed by atoms with Gasteiger partial charge in [0.25, 0.3) is 0 Å². The molecule has 1 aromatic heterocycles. The Labute approximate surface area is 149 Å². The topological polar surface area (TPSA) is 43.8 Å². The number of aryl methyl sites for hydroxylation is 1. The Morgan fingerprint density at radius 3 is 2.42 bits per heavy atom. The zero-order chi connectivity index (χ0) is 18.9. The number of anilines is 1. The number of aromatic nitrogens is 2. The van der Waals surface area contributed by atoms with Crippen LogP contribution in [-0.2, 0) is 12.6 Å². The van der Waals surface area contributed by atoms with Gasteiger partial charge in [0.2, 0.25) is 0 Å². The van der Waals surface area contributed by atoms with Gasteiger partial charge in [0, 0.05) is 11.3 Å². The van der Waals surface area contributed by atoms with E-state index < -0.39 is 11.9 Å². The van der Waals surface area contributed by atoms with Crippen LogP contribution < -0.4 is 5.73 Å². The fraction of sp³-hybridized carbons (Fsp3) is 0.150. The smallest absolute Gasteiger partial charge is 0.399 e. The predicted octanol–water partition coefficient (Wildman–Crippen LogP) is 5.18. The van der Waals surface area contributed by atoms with E-state index in [1.165, 1.54) is 4.68 Å². The molecule has 0 aliphatic rings. The largest absolute Gasteiger partial charge is 0.435 e. The molecule has 0 atom stereocenters. The van der Waals surface area contributed by atoms with Gasteiger partial charge in [-0.25, -0.2) is 4.68 Å². The maximum atomic E-state index is 13.2. The van der Waals surface area contributed by atoms with Crippen molar-refractivity contribution < 1.29 is 13.2 Å². The second-order valence-electron chi connectivity index (χ2n) is 6.05. The first-order valence-electron chi connectivity index (χ1n) is 8.03. The normalized spacial score (nSPS) is 11.5. The molecule has 0 radical (unpaired) electrons. The highest BCUT2D eigenvalue weighted by molar-refractivity contribution is 5.65. The molecule has 3 rings (SSSR count). The lowest BCUT2D eigenvalue weighted by molar-refractivity contribution is -0.141. The van der Waals surface area contributed by atoms with E-state index >= 15 is 0 Å². The number of nitrogens with zero attached hydrogens (tertiary/aromatic N) is 2. The first-order valence-corrected chi connectivity index (χ1v) is 8.03. The molecule has 2 N–H and O–H groups in total. The molecule has 0 amide bonds. The van der Waals surface area contributed by atoms with E-state index in [0.29, 0.717) is 29.1 Å². The van der Waals surface area contributed by atoms with Gasteiger partial charge in [-0.05, 0) is 60.9 Å². The molecule has 0 aliphatic heterocycles. The minimum Gasteiger partial charge on any atom is -0.399 e. The summed E-state index contributed by atoms with van der Waals surface area (Å²) in [5.41, 5.74) is 8.88. The van der Waals surface area contributed by atoms with E-state index in [1.807, 2.05) is 19.1 Å². The molecule has 0 aliphatic carbocycles. The van der Waals surface area contributed by atoms with Crippen LogP contribution in [0.3, 0.4) is 0 Å². The van der Waals surface area contributed by atoms with E-state index in [0.717, 1.165) is 17.2 Å². The van der Waals surface area contributed by atoms with Crippen LogP contribution in [0.1, 0.15) is 16.8 Å². The number of rotatable bonds is 4. The Morgan fingerprint density at radius 2 is 1.81 bits per heavy atom. The van der Waals surface area contributed by atoms with Gasteiger partial charge in [-0.15, -0.1) is 6.58 Å². The molecule has 0 bridgehead atoms. The van der Waals surface area contributed by atoms with Crippen molar-refractivity contribution in [2.45, 2.75) is 19.5 Å². The minimum absolute atomic E-state index is 0.368. The third kappa shape index (κ3) is 3.49. The second-order valence-corrected chi connectivity index (χ2v) is 6.05. The highest BCUT2D eigenvalue weighted by Gasteiger charge is 2.35. The van der Waals surface area contributed by atoms with Gasteiger partial charge in [-0.3, -0.25) is 0 Å². The van der Waals surface area contributed by atoms with Crippen LogP contribution in [0.5, 0.6) is 0 Å². The van der Waals surface area contributed by atoms with Crippen molar-refractivity contribution in [1.29, 1.82) is 0 Å². The van der Waals surface area contributed by atoms with Gasteiger partial charge in [-0.2, -0.15) is 18.3 Å². The van der Waals surface area contributed by atoms with Gasteiger partial charge in [0.1, 0.15) is 0 Å². The average molecular weight is 357 g/mol. The fourth-order valence-corrected chi connectivity index (χ4v) is 2.74. The Balaban J connectivity index is 2.19. The molecule has 0 fully saturated rings. The predicted molar refractivity (Wildman–Crippen MR) is 97.1 cm³/mol. The average Bonchev–Trinajstić information content (AvgIpc) is 3.03. The number of halogens is 3.